The van der Waals surface area contributed by atoms with Gasteiger partial charge in [-0.05, 0) is 103 Å². The Bertz CT molecular complexity index is 1760. The summed E-state index contributed by atoms with van der Waals surface area (Å²) in [5, 5.41) is 5.11. The highest BCUT2D eigenvalue weighted by atomic mass is 19.1. The number of aryl methyl sites for hydroxylation is 1. The molecule has 1 saturated heterocycles. The van der Waals surface area contributed by atoms with E-state index in [-0.39, 0.29) is 23.7 Å². The van der Waals surface area contributed by atoms with Crippen molar-refractivity contribution in [3.63, 3.8) is 0 Å². The fourth-order valence-electron chi connectivity index (χ4n) is 7.70. The van der Waals surface area contributed by atoms with Crippen LogP contribution in [0.2, 0.25) is 0 Å². The fraction of sp³-hybridized carbons (Fsp3) is 0.361. The molecule has 11 heteroatoms. The highest BCUT2D eigenvalue weighted by molar-refractivity contribution is 5.99. The second-order valence-corrected chi connectivity index (χ2v) is 12.9. The predicted octanol–water partition coefficient (Wildman–Crippen LogP) is 4.25. The van der Waals surface area contributed by atoms with Gasteiger partial charge in [0.25, 0.3) is 0 Å². The van der Waals surface area contributed by atoms with Crippen LogP contribution < -0.4 is 22.1 Å². The van der Waals surface area contributed by atoms with Gasteiger partial charge in [-0.3, -0.25) is 19.4 Å². The Morgan fingerprint density at radius 3 is 2.57 bits per heavy atom. The summed E-state index contributed by atoms with van der Waals surface area (Å²) in [6, 6.07) is 10.6. The highest BCUT2D eigenvalue weighted by Gasteiger charge is 2.42. The van der Waals surface area contributed by atoms with Gasteiger partial charge in [0.15, 0.2) is 0 Å². The van der Waals surface area contributed by atoms with E-state index in [1.807, 2.05) is 37.3 Å². The first-order chi connectivity index (χ1) is 22.8. The van der Waals surface area contributed by atoms with Crippen molar-refractivity contribution in [2.45, 2.75) is 64.3 Å². The summed E-state index contributed by atoms with van der Waals surface area (Å²) in [4.78, 5) is 46.1. The molecule has 0 unspecified atom stereocenters. The number of aromatic nitrogens is 1. The van der Waals surface area contributed by atoms with Gasteiger partial charge in [-0.15, -0.1) is 0 Å². The molecule has 2 heterocycles. The zero-order valence-corrected chi connectivity index (χ0v) is 26.5. The number of likely N-dealkylation sites (tertiary alicyclic amines) is 1. The molecule has 1 aromatic heterocycles. The number of fused-ring (bicyclic) bond motifs is 1. The highest BCUT2D eigenvalue weighted by Crippen LogP contribution is 2.53. The average molecular weight is 638 g/mol. The van der Waals surface area contributed by atoms with Crippen molar-refractivity contribution in [2.24, 2.45) is 21.9 Å². The van der Waals surface area contributed by atoms with E-state index >= 15 is 4.39 Å². The van der Waals surface area contributed by atoms with Crippen molar-refractivity contribution in [1.29, 1.82) is 0 Å². The SMILES string of the molecule is Cc1cc(-c2c(F)cc(-c3ccc(/C(N)=C/N)cn3)c3c2CC2(CCCC2)C3)ccc1N=C(NC=O)[C@@H]1CCCN1C(=O)CNC=O. The molecule has 3 amide bonds. The van der Waals surface area contributed by atoms with Crippen molar-refractivity contribution >= 4 is 35.9 Å². The molecule has 244 valence electrons. The number of hydrogen-bond donors (Lipinski definition) is 4. The van der Waals surface area contributed by atoms with Crippen LogP contribution >= 0.6 is 0 Å². The number of pyridine rings is 1. The third-order valence-electron chi connectivity index (χ3n) is 9.98. The molecule has 2 fully saturated rings. The number of amidine groups is 1. The van der Waals surface area contributed by atoms with Gasteiger partial charge < -0.3 is 27.0 Å². The Balaban J connectivity index is 1.37. The van der Waals surface area contributed by atoms with Crippen molar-refractivity contribution in [3.8, 4) is 22.4 Å². The van der Waals surface area contributed by atoms with Gasteiger partial charge in [-0.1, -0.05) is 18.9 Å². The first kappa shape index (κ1) is 31.9. The number of hydrogen-bond acceptors (Lipinski definition) is 7. The number of nitrogens with two attached hydrogens (primary N) is 2. The van der Waals surface area contributed by atoms with Crippen LogP contribution in [0.3, 0.4) is 0 Å². The molecule has 6 rings (SSSR count). The zero-order valence-electron chi connectivity index (χ0n) is 26.5. The van der Waals surface area contributed by atoms with E-state index in [9.17, 15) is 14.4 Å². The third kappa shape index (κ3) is 6.22. The Morgan fingerprint density at radius 1 is 1.11 bits per heavy atom. The van der Waals surface area contributed by atoms with Crippen molar-refractivity contribution < 1.29 is 18.8 Å². The maximum atomic E-state index is 16.4. The number of halogens is 1. The van der Waals surface area contributed by atoms with Gasteiger partial charge in [0.05, 0.1) is 29.7 Å². The summed E-state index contributed by atoms with van der Waals surface area (Å²) in [6.45, 7) is 2.28. The summed E-state index contributed by atoms with van der Waals surface area (Å²) < 4.78 is 16.4. The number of nitrogens with zero attached hydrogens (tertiary/aromatic N) is 3. The molecule has 1 aliphatic heterocycles. The molecule has 47 heavy (non-hydrogen) atoms. The minimum atomic E-state index is -0.429. The Morgan fingerprint density at radius 2 is 1.89 bits per heavy atom. The van der Waals surface area contributed by atoms with Gasteiger partial charge in [0, 0.05) is 35.6 Å². The van der Waals surface area contributed by atoms with Crippen LogP contribution in [-0.4, -0.2) is 53.6 Å². The Labute approximate surface area is 273 Å². The number of aliphatic imine (C=N–C) groups is 1. The van der Waals surface area contributed by atoms with E-state index in [1.54, 1.807) is 17.2 Å². The number of carbonyl (C=O) groups is 3. The lowest BCUT2D eigenvalue weighted by Gasteiger charge is -2.25. The van der Waals surface area contributed by atoms with E-state index in [4.69, 9.17) is 16.5 Å². The largest absolute Gasteiger partial charge is 0.403 e. The Hall–Kier alpha value is -5.06. The first-order valence-electron chi connectivity index (χ1n) is 16.1. The normalized spacial score (nSPS) is 18.8. The number of nitrogens with one attached hydrogen (secondary N) is 2. The van der Waals surface area contributed by atoms with Crippen LogP contribution in [0.1, 0.15) is 60.8 Å². The van der Waals surface area contributed by atoms with Crippen LogP contribution in [0.4, 0.5) is 10.1 Å². The van der Waals surface area contributed by atoms with Crippen LogP contribution in [0.5, 0.6) is 0 Å². The minimum absolute atomic E-state index is 0.125. The van der Waals surface area contributed by atoms with E-state index in [0.29, 0.717) is 59.8 Å². The van der Waals surface area contributed by atoms with Crippen molar-refractivity contribution in [3.05, 3.63) is 76.9 Å². The molecular weight excluding hydrogens is 597 g/mol. The smallest absolute Gasteiger partial charge is 0.242 e. The van der Waals surface area contributed by atoms with Gasteiger partial charge in [0.2, 0.25) is 18.7 Å². The second kappa shape index (κ2) is 13.4. The molecule has 0 bridgehead atoms. The van der Waals surface area contributed by atoms with Gasteiger partial charge in [-0.2, -0.15) is 0 Å². The summed E-state index contributed by atoms with van der Waals surface area (Å²) in [7, 11) is 0. The molecule has 6 N–H and O–H groups in total. The molecule has 1 spiro atoms. The quantitative estimate of drug-likeness (QED) is 0.156. The maximum absolute atomic E-state index is 16.4. The van der Waals surface area contributed by atoms with Gasteiger partial charge in [-0.25, -0.2) is 9.38 Å². The number of carbonyl (C=O) groups excluding carboxylic acids is 3. The van der Waals surface area contributed by atoms with Crippen LogP contribution in [-0.2, 0) is 27.2 Å². The van der Waals surface area contributed by atoms with Gasteiger partial charge >= 0.3 is 0 Å². The van der Waals surface area contributed by atoms with Crippen LogP contribution in [0.25, 0.3) is 28.1 Å². The average Bonchev–Trinajstić information content (AvgIpc) is 3.84. The molecule has 3 aliphatic rings. The standard InChI is InChI=1S/C36H40FN7O3/c1-22-13-23(6-8-30(22)43-35(42-21-46)32-5-4-12-44(32)33(47)19-40-20-45)34-27-16-36(10-2-3-11-36)15-26(27)25(14-28(34)37)31-9-7-24(18-41-31)29(39)17-38/h6-9,13-14,17-18,20-21,32H,2-5,10-12,15-16,19,38-39H2,1H3,(H,40,45)(H,42,43,46)/b29-17-/t32-/m0/s1. The molecule has 1 atom stereocenters. The molecule has 2 aliphatic carbocycles. The minimum Gasteiger partial charge on any atom is -0.403 e. The van der Waals surface area contributed by atoms with E-state index in [0.717, 1.165) is 59.9 Å². The first-order valence-corrected chi connectivity index (χ1v) is 16.1. The number of rotatable bonds is 9. The van der Waals surface area contributed by atoms with E-state index in [1.165, 1.54) is 19.0 Å². The lowest BCUT2D eigenvalue weighted by molar-refractivity contribution is -0.131. The second-order valence-electron chi connectivity index (χ2n) is 12.9. The van der Waals surface area contributed by atoms with Crippen molar-refractivity contribution in [2.75, 3.05) is 13.1 Å². The molecule has 10 nitrogen and oxygen atoms in total. The zero-order chi connectivity index (χ0) is 33.1. The third-order valence-corrected chi connectivity index (χ3v) is 9.98. The fourth-order valence-corrected chi connectivity index (χ4v) is 7.70. The molecule has 0 radical (unpaired) electrons. The summed E-state index contributed by atoms with van der Waals surface area (Å²) in [6.07, 6.45) is 11.7. The van der Waals surface area contributed by atoms with E-state index < -0.39 is 6.04 Å². The molecule has 1 saturated carbocycles. The summed E-state index contributed by atoms with van der Waals surface area (Å²) in [5.41, 5.74) is 19.3. The summed E-state index contributed by atoms with van der Waals surface area (Å²) >= 11 is 0. The number of benzene rings is 2. The van der Waals surface area contributed by atoms with Crippen molar-refractivity contribution in [1.82, 2.24) is 20.5 Å². The maximum Gasteiger partial charge on any atom is 0.242 e. The lowest BCUT2D eigenvalue weighted by atomic mass is 9.82. The monoisotopic (exact) mass is 637 g/mol. The predicted molar refractivity (Wildman–Crippen MR) is 180 cm³/mol. The van der Waals surface area contributed by atoms with E-state index in [2.05, 4.69) is 15.6 Å². The van der Waals surface area contributed by atoms with Gasteiger partial charge in [0.1, 0.15) is 11.7 Å². The summed E-state index contributed by atoms with van der Waals surface area (Å²) in [5.74, 6) is -0.193. The topological polar surface area (TPSA) is 156 Å². The molecule has 2 aromatic carbocycles. The molecular formula is C36H40FN7O3. The number of amides is 3. The van der Waals surface area contributed by atoms with Crippen LogP contribution in [0.15, 0.2) is 53.8 Å². The Kier molecular flexibility index (Phi) is 9.06. The van der Waals surface area contributed by atoms with Crippen LogP contribution in [0, 0.1) is 18.2 Å². The lowest BCUT2D eigenvalue weighted by Crippen LogP contribution is -2.48. The molecule has 3 aromatic rings.